The maximum Gasteiger partial charge on any atom is 0.334 e. The number of carboxylic acids is 1. The number of hydrogen-bond acceptors (Lipinski definition) is 3. The van der Waals surface area contributed by atoms with Gasteiger partial charge in [-0.2, -0.15) is 0 Å². The van der Waals surface area contributed by atoms with Crippen molar-refractivity contribution in [3.63, 3.8) is 0 Å². The molecule has 6 nitrogen and oxygen atoms in total. The highest BCUT2D eigenvalue weighted by atomic mass is 16.5. The lowest BCUT2D eigenvalue weighted by atomic mass is 10.0. The van der Waals surface area contributed by atoms with Gasteiger partial charge < -0.3 is 20.1 Å². The van der Waals surface area contributed by atoms with E-state index in [2.05, 4.69) is 19.2 Å². The Labute approximate surface area is 115 Å². The van der Waals surface area contributed by atoms with Crippen LogP contribution in [0.3, 0.4) is 0 Å². The summed E-state index contributed by atoms with van der Waals surface area (Å²) in [7, 11) is 1.31. The largest absolute Gasteiger partial charge is 0.479 e. The first kappa shape index (κ1) is 17.7. The van der Waals surface area contributed by atoms with E-state index in [1.54, 1.807) is 4.90 Å². The fourth-order valence-corrected chi connectivity index (χ4v) is 1.78. The molecule has 0 aromatic carbocycles. The van der Waals surface area contributed by atoms with Crippen LogP contribution in [-0.4, -0.2) is 54.9 Å². The van der Waals surface area contributed by atoms with Crippen LogP contribution in [-0.2, 0) is 9.53 Å². The Kier molecular flexibility index (Phi) is 8.95. The maximum absolute atomic E-state index is 12.0. The van der Waals surface area contributed by atoms with Crippen LogP contribution in [0, 0.1) is 5.92 Å². The van der Waals surface area contributed by atoms with Gasteiger partial charge >= 0.3 is 12.0 Å². The monoisotopic (exact) mass is 274 g/mol. The lowest BCUT2D eigenvalue weighted by Gasteiger charge is -2.26. The van der Waals surface area contributed by atoms with Crippen LogP contribution < -0.4 is 5.32 Å². The number of ether oxygens (including phenoxy) is 1. The van der Waals surface area contributed by atoms with Crippen molar-refractivity contribution in [2.45, 2.75) is 39.7 Å². The topological polar surface area (TPSA) is 78.9 Å². The van der Waals surface area contributed by atoms with Gasteiger partial charge in [0.25, 0.3) is 0 Å². The molecule has 0 heterocycles. The fourth-order valence-electron chi connectivity index (χ4n) is 1.78. The molecule has 0 aliphatic heterocycles. The molecule has 6 heteroatoms. The highest BCUT2D eigenvalue weighted by Crippen LogP contribution is 2.09. The number of rotatable bonds is 9. The molecule has 0 bridgehead atoms. The second-order valence-electron chi connectivity index (χ2n) is 4.47. The zero-order chi connectivity index (χ0) is 14.8. The standard InChI is InChI=1S/C13H26N2O4/c1-5-10(6-2)9-15(7-3)13(18)14-8-11(19-4)12(16)17/h10-11H,5-9H2,1-4H3,(H,14,18)(H,16,17). The molecular weight excluding hydrogens is 248 g/mol. The molecule has 1 unspecified atom stereocenters. The van der Waals surface area contributed by atoms with Gasteiger partial charge in [-0.1, -0.05) is 26.7 Å². The van der Waals surface area contributed by atoms with Crippen LogP contribution in [0.1, 0.15) is 33.6 Å². The van der Waals surface area contributed by atoms with E-state index in [1.807, 2.05) is 6.92 Å². The van der Waals surface area contributed by atoms with Crippen molar-refractivity contribution in [2.75, 3.05) is 26.7 Å². The molecule has 0 aromatic heterocycles. The number of hydrogen-bond donors (Lipinski definition) is 2. The van der Waals surface area contributed by atoms with Crippen molar-refractivity contribution in [3.05, 3.63) is 0 Å². The number of carboxylic acid groups (broad SMARTS) is 1. The fraction of sp³-hybridized carbons (Fsp3) is 0.846. The summed E-state index contributed by atoms with van der Waals surface area (Å²) in [6.45, 7) is 7.39. The van der Waals surface area contributed by atoms with Gasteiger partial charge in [-0.05, 0) is 12.8 Å². The van der Waals surface area contributed by atoms with Crippen LogP contribution >= 0.6 is 0 Å². The van der Waals surface area contributed by atoms with E-state index in [4.69, 9.17) is 9.84 Å². The Hall–Kier alpha value is -1.30. The molecule has 19 heavy (non-hydrogen) atoms. The lowest BCUT2D eigenvalue weighted by molar-refractivity contribution is -0.148. The Morgan fingerprint density at radius 1 is 1.26 bits per heavy atom. The van der Waals surface area contributed by atoms with E-state index < -0.39 is 12.1 Å². The van der Waals surface area contributed by atoms with Crippen molar-refractivity contribution in [2.24, 2.45) is 5.92 Å². The first-order valence-corrected chi connectivity index (χ1v) is 6.78. The third-order valence-corrected chi connectivity index (χ3v) is 3.30. The third kappa shape index (κ3) is 6.42. The van der Waals surface area contributed by atoms with Crippen LogP contribution in [0.5, 0.6) is 0 Å². The van der Waals surface area contributed by atoms with Crippen molar-refractivity contribution >= 4 is 12.0 Å². The molecule has 0 aliphatic rings. The Bertz CT molecular complexity index is 280. The first-order valence-electron chi connectivity index (χ1n) is 6.78. The summed E-state index contributed by atoms with van der Waals surface area (Å²) in [5.74, 6) is -0.603. The molecule has 2 amide bonds. The van der Waals surface area contributed by atoms with E-state index in [1.165, 1.54) is 7.11 Å². The molecule has 2 N–H and O–H groups in total. The number of nitrogens with one attached hydrogen (secondary N) is 1. The Morgan fingerprint density at radius 2 is 1.84 bits per heavy atom. The summed E-state index contributed by atoms with van der Waals surface area (Å²) in [5.41, 5.74) is 0. The number of methoxy groups -OCH3 is 1. The second kappa shape index (κ2) is 9.61. The summed E-state index contributed by atoms with van der Waals surface area (Å²) in [4.78, 5) is 24.4. The van der Waals surface area contributed by atoms with Gasteiger partial charge in [-0.15, -0.1) is 0 Å². The van der Waals surface area contributed by atoms with Gasteiger partial charge in [0.1, 0.15) is 0 Å². The number of carbonyl (C=O) groups is 2. The molecule has 1 atom stereocenters. The van der Waals surface area contributed by atoms with Gasteiger partial charge in [0.15, 0.2) is 6.10 Å². The van der Waals surface area contributed by atoms with E-state index in [9.17, 15) is 9.59 Å². The highest BCUT2D eigenvalue weighted by molar-refractivity contribution is 5.77. The van der Waals surface area contributed by atoms with Crippen molar-refractivity contribution < 1.29 is 19.4 Å². The van der Waals surface area contributed by atoms with Crippen LogP contribution in [0.15, 0.2) is 0 Å². The number of aliphatic carboxylic acids is 1. The number of nitrogens with zero attached hydrogens (tertiary/aromatic N) is 1. The van der Waals surface area contributed by atoms with Crippen molar-refractivity contribution in [3.8, 4) is 0 Å². The Morgan fingerprint density at radius 3 is 2.21 bits per heavy atom. The van der Waals surface area contributed by atoms with Gasteiger partial charge in [0.05, 0.1) is 6.54 Å². The lowest BCUT2D eigenvalue weighted by Crippen LogP contribution is -2.46. The minimum atomic E-state index is -1.08. The van der Waals surface area contributed by atoms with Crippen LogP contribution in [0.25, 0.3) is 0 Å². The van der Waals surface area contributed by atoms with E-state index in [-0.39, 0.29) is 12.6 Å². The predicted octanol–water partition coefficient (Wildman–Crippen LogP) is 1.55. The number of carbonyl (C=O) groups excluding carboxylic acids is 1. The zero-order valence-corrected chi connectivity index (χ0v) is 12.3. The molecule has 112 valence electrons. The maximum atomic E-state index is 12.0. The average Bonchev–Trinajstić information content (AvgIpc) is 2.40. The van der Waals surface area contributed by atoms with Crippen molar-refractivity contribution in [1.82, 2.24) is 10.2 Å². The van der Waals surface area contributed by atoms with Gasteiger partial charge in [0, 0.05) is 20.2 Å². The first-order chi connectivity index (χ1) is 8.99. The highest BCUT2D eigenvalue weighted by Gasteiger charge is 2.20. The van der Waals surface area contributed by atoms with Gasteiger partial charge in [-0.3, -0.25) is 0 Å². The molecule has 0 spiro atoms. The summed E-state index contributed by atoms with van der Waals surface area (Å²) < 4.78 is 4.77. The van der Waals surface area contributed by atoms with Crippen molar-refractivity contribution in [1.29, 1.82) is 0 Å². The molecule has 0 radical (unpaired) electrons. The second-order valence-corrected chi connectivity index (χ2v) is 4.47. The molecule has 0 saturated heterocycles. The third-order valence-electron chi connectivity index (χ3n) is 3.30. The molecule has 0 saturated carbocycles. The molecule has 0 fully saturated rings. The molecule has 0 aliphatic carbocycles. The van der Waals surface area contributed by atoms with E-state index in [0.717, 1.165) is 12.8 Å². The smallest absolute Gasteiger partial charge is 0.334 e. The van der Waals surface area contributed by atoms with E-state index >= 15 is 0 Å². The SMILES string of the molecule is CCC(CC)CN(CC)C(=O)NCC(OC)C(=O)O. The molecule has 0 aromatic rings. The van der Waals surface area contributed by atoms with Gasteiger partial charge in [0.2, 0.25) is 0 Å². The van der Waals surface area contributed by atoms with Gasteiger partial charge in [-0.25, -0.2) is 9.59 Å². The molecule has 0 rings (SSSR count). The summed E-state index contributed by atoms with van der Waals surface area (Å²) >= 11 is 0. The van der Waals surface area contributed by atoms with Crippen LogP contribution in [0.2, 0.25) is 0 Å². The van der Waals surface area contributed by atoms with E-state index in [0.29, 0.717) is 19.0 Å². The number of amides is 2. The molecular formula is C13H26N2O4. The summed E-state index contributed by atoms with van der Waals surface area (Å²) in [5, 5.41) is 11.4. The normalized spacial score (nSPS) is 12.3. The predicted molar refractivity (Wildman–Crippen MR) is 73.2 cm³/mol. The summed E-state index contributed by atoms with van der Waals surface area (Å²) in [6, 6.07) is -0.238. The zero-order valence-electron chi connectivity index (χ0n) is 12.3. The van der Waals surface area contributed by atoms with Crippen LogP contribution in [0.4, 0.5) is 4.79 Å². The minimum Gasteiger partial charge on any atom is -0.479 e. The quantitative estimate of drug-likeness (QED) is 0.668. The average molecular weight is 274 g/mol. The summed E-state index contributed by atoms with van der Waals surface area (Å²) in [6.07, 6.45) is 1.04. The Balaban J connectivity index is 4.31. The minimum absolute atomic E-state index is 0.0237. The number of urea groups is 1.